The number of hydrogen-bond acceptors (Lipinski definition) is 7. The molecular formula is C20H22ClN7. The molecule has 0 atom stereocenters. The first-order valence-corrected chi connectivity index (χ1v) is 9.51. The Labute approximate surface area is 169 Å². The van der Waals surface area contributed by atoms with E-state index in [1.807, 2.05) is 48.5 Å². The highest BCUT2D eigenvalue weighted by atomic mass is 35.5. The topological polar surface area (TPSA) is 82.3 Å². The number of nitrogens with one attached hydrogen (secondary N) is 2. The third-order valence-corrected chi connectivity index (χ3v) is 4.95. The van der Waals surface area contributed by atoms with Crippen LogP contribution in [0.3, 0.4) is 0 Å². The van der Waals surface area contributed by atoms with E-state index < -0.39 is 0 Å². The van der Waals surface area contributed by atoms with Gasteiger partial charge in [-0.3, -0.25) is 10.9 Å². The van der Waals surface area contributed by atoms with Gasteiger partial charge in [-0.25, -0.2) is 9.97 Å². The van der Waals surface area contributed by atoms with Crippen LogP contribution in [0, 0.1) is 0 Å². The summed E-state index contributed by atoms with van der Waals surface area (Å²) in [7, 11) is 0. The normalized spacial score (nSPS) is 14.0. The van der Waals surface area contributed by atoms with Crippen molar-refractivity contribution >= 4 is 40.3 Å². The molecule has 8 heteroatoms. The molecule has 1 aliphatic heterocycles. The first-order chi connectivity index (χ1) is 13.7. The summed E-state index contributed by atoms with van der Waals surface area (Å²) in [6.45, 7) is 3.38. The van der Waals surface area contributed by atoms with E-state index in [-0.39, 0.29) is 0 Å². The van der Waals surface area contributed by atoms with Gasteiger partial charge in [0.05, 0.1) is 5.69 Å². The summed E-state index contributed by atoms with van der Waals surface area (Å²) in [4.78, 5) is 13.2. The zero-order valence-corrected chi connectivity index (χ0v) is 16.1. The van der Waals surface area contributed by atoms with Gasteiger partial charge in [0.2, 0.25) is 0 Å². The lowest BCUT2D eigenvalue weighted by Gasteiger charge is -2.37. The van der Waals surface area contributed by atoms with Crippen LogP contribution in [-0.2, 0) is 0 Å². The molecule has 7 nitrogen and oxygen atoms in total. The van der Waals surface area contributed by atoms with Crippen LogP contribution in [0.2, 0.25) is 5.02 Å². The summed E-state index contributed by atoms with van der Waals surface area (Å²) in [5.74, 6) is 1.31. The van der Waals surface area contributed by atoms with E-state index in [1.54, 1.807) is 0 Å². The fourth-order valence-corrected chi connectivity index (χ4v) is 3.42. The van der Waals surface area contributed by atoms with Crippen LogP contribution >= 0.6 is 11.6 Å². The van der Waals surface area contributed by atoms with Gasteiger partial charge in [-0.05, 0) is 30.3 Å². The second kappa shape index (κ2) is 8.22. The number of hydrogen-bond donors (Lipinski definition) is 3. The second-order valence-electron chi connectivity index (χ2n) is 6.53. The van der Waals surface area contributed by atoms with Crippen LogP contribution in [0.25, 0.3) is 0 Å². The van der Waals surface area contributed by atoms with Gasteiger partial charge in [0, 0.05) is 36.9 Å². The van der Waals surface area contributed by atoms with Crippen molar-refractivity contribution in [2.24, 2.45) is 0 Å². The van der Waals surface area contributed by atoms with Crippen LogP contribution in [0.1, 0.15) is 0 Å². The Hall–Kier alpha value is -3.19. The van der Waals surface area contributed by atoms with E-state index in [9.17, 15) is 0 Å². The van der Waals surface area contributed by atoms with Crippen molar-refractivity contribution in [1.29, 1.82) is 0 Å². The van der Waals surface area contributed by atoms with Gasteiger partial charge >= 0.3 is 0 Å². The molecule has 0 saturated carbocycles. The summed E-state index contributed by atoms with van der Waals surface area (Å²) < 4.78 is 0. The summed E-state index contributed by atoms with van der Waals surface area (Å²) >= 11 is 6.12. The molecule has 2 aromatic carbocycles. The zero-order valence-electron chi connectivity index (χ0n) is 15.3. The molecule has 1 aromatic heterocycles. The maximum Gasteiger partial charge on any atom is 0.173 e. The Morgan fingerprint density at radius 2 is 1.61 bits per heavy atom. The highest BCUT2D eigenvalue weighted by molar-refractivity contribution is 6.30. The number of nitrogens with zero attached hydrogens (tertiary/aromatic N) is 4. The van der Waals surface area contributed by atoms with E-state index in [1.165, 1.54) is 6.33 Å². The first kappa shape index (κ1) is 18.2. The number of nitrogens with two attached hydrogens (primary N) is 1. The van der Waals surface area contributed by atoms with Gasteiger partial charge in [0.1, 0.15) is 12.0 Å². The van der Waals surface area contributed by atoms with Crippen molar-refractivity contribution in [1.82, 2.24) is 9.97 Å². The molecule has 1 fully saturated rings. The molecule has 4 rings (SSSR count). The molecule has 144 valence electrons. The molecule has 0 aliphatic carbocycles. The number of rotatable bonds is 5. The lowest BCUT2D eigenvalue weighted by atomic mass is 10.2. The number of benzene rings is 2. The van der Waals surface area contributed by atoms with Crippen molar-refractivity contribution in [3.05, 3.63) is 65.9 Å². The Kier molecular flexibility index (Phi) is 5.34. The fraction of sp³-hybridized carbons (Fsp3) is 0.200. The highest BCUT2D eigenvalue weighted by Gasteiger charge is 2.21. The number of aromatic nitrogens is 2. The molecule has 0 bridgehead atoms. The maximum atomic E-state index is 6.34. The summed E-state index contributed by atoms with van der Waals surface area (Å²) in [6.07, 6.45) is 1.53. The largest absolute Gasteiger partial charge is 0.393 e. The molecule has 2 heterocycles. The second-order valence-corrected chi connectivity index (χ2v) is 6.97. The lowest BCUT2D eigenvalue weighted by molar-refractivity contribution is 0.647. The maximum absolute atomic E-state index is 6.34. The van der Waals surface area contributed by atoms with E-state index in [0.717, 1.165) is 48.4 Å². The Balaban J connectivity index is 1.42. The van der Waals surface area contributed by atoms with Crippen LogP contribution in [-0.4, -0.2) is 36.1 Å². The fourth-order valence-electron chi connectivity index (χ4n) is 3.24. The zero-order chi connectivity index (χ0) is 19.3. The van der Waals surface area contributed by atoms with Crippen LogP contribution in [0.5, 0.6) is 0 Å². The molecule has 0 unspecified atom stereocenters. The molecule has 1 aliphatic rings. The minimum atomic E-state index is 0.530. The summed E-state index contributed by atoms with van der Waals surface area (Å²) in [5.41, 5.74) is 15.1. The highest BCUT2D eigenvalue weighted by Crippen LogP contribution is 2.28. The molecule has 0 spiro atoms. The molecule has 3 aromatic rings. The summed E-state index contributed by atoms with van der Waals surface area (Å²) in [6, 6.07) is 17.7. The number of nitrogen functional groups attached to an aromatic ring is 1. The number of anilines is 5. The number of piperazine rings is 1. The van der Waals surface area contributed by atoms with E-state index in [2.05, 4.69) is 36.7 Å². The van der Waals surface area contributed by atoms with E-state index >= 15 is 0 Å². The van der Waals surface area contributed by atoms with Crippen LogP contribution in [0.15, 0.2) is 60.9 Å². The number of hydrazine groups is 1. The third-order valence-electron chi connectivity index (χ3n) is 4.71. The van der Waals surface area contributed by atoms with Crippen molar-refractivity contribution in [2.45, 2.75) is 0 Å². The molecular weight excluding hydrogens is 374 g/mol. The average Bonchev–Trinajstić information content (AvgIpc) is 2.74. The van der Waals surface area contributed by atoms with Crippen molar-refractivity contribution < 1.29 is 0 Å². The third kappa shape index (κ3) is 4.04. The molecule has 28 heavy (non-hydrogen) atoms. The Morgan fingerprint density at radius 1 is 0.857 bits per heavy atom. The number of para-hydroxylation sites is 1. The van der Waals surface area contributed by atoms with E-state index in [4.69, 9.17) is 17.3 Å². The predicted molar refractivity (Wildman–Crippen MR) is 116 cm³/mol. The van der Waals surface area contributed by atoms with Gasteiger partial charge in [-0.2, -0.15) is 0 Å². The quantitative estimate of drug-likeness (QED) is 0.570. The SMILES string of the molecule is Nc1c(NNc2ccccc2)ncnc1N1CCN(c2cccc(Cl)c2)CC1. The van der Waals surface area contributed by atoms with Gasteiger partial charge in [0.15, 0.2) is 11.6 Å². The molecule has 0 radical (unpaired) electrons. The Bertz CT molecular complexity index is 927. The van der Waals surface area contributed by atoms with Crippen molar-refractivity contribution in [3.8, 4) is 0 Å². The minimum Gasteiger partial charge on any atom is -0.393 e. The standard InChI is InChI=1S/C20H22ClN7/c21-15-5-4-8-17(13-15)27-9-11-28(12-10-27)20-18(22)19(23-14-24-20)26-25-16-6-2-1-3-7-16/h1-8,13-14,25H,9-12,22H2,(H,23,24,26). The lowest BCUT2D eigenvalue weighted by Crippen LogP contribution is -2.47. The smallest absolute Gasteiger partial charge is 0.173 e. The van der Waals surface area contributed by atoms with Crippen molar-refractivity contribution in [3.63, 3.8) is 0 Å². The van der Waals surface area contributed by atoms with Gasteiger partial charge in [-0.15, -0.1) is 0 Å². The number of halogens is 1. The molecule has 1 saturated heterocycles. The summed E-state index contributed by atoms with van der Waals surface area (Å²) in [5, 5.41) is 0.751. The molecule has 0 amide bonds. The predicted octanol–water partition coefficient (Wildman–Crippen LogP) is 3.48. The van der Waals surface area contributed by atoms with Gasteiger partial charge in [0.25, 0.3) is 0 Å². The van der Waals surface area contributed by atoms with Gasteiger partial charge in [-0.1, -0.05) is 35.9 Å². The molecule has 4 N–H and O–H groups in total. The van der Waals surface area contributed by atoms with E-state index in [0.29, 0.717) is 11.5 Å². The first-order valence-electron chi connectivity index (χ1n) is 9.14. The van der Waals surface area contributed by atoms with Gasteiger partial charge < -0.3 is 15.5 Å². The van der Waals surface area contributed by atoms with Crippen LogP contribution < -0.4 is 26.4 Å². The van der Waals surface area contributed by atoms with Crippen molar-refractivity contribution in [2.75, 3.05) is 52.6 Å². The van der Waals surface area contributed by atoms with Crippen LogP contribution in [0.4, 0.5) is 28.7 Å². The average molecular weight is 396 g/mol. The monoisotopic (exact) mass is 395 g/mol. The minimum absolute atomic E-state index is 0.530. The Morgan fingerprint density at radius 3 is 2.36 bits per heavy atom.